The van der Waals surface area contributed by atoms with Gasteiger partial charge < -0.3 is 20.0 Å². The fraction of sp³-hybridized carbons (Fsp3) is 0.846. The van der Waals surface area contributed by atoms with Gasteiger partial charge in [0, 0.05) is 32.3 Å². The third-order valence-corrected chi connectivity index (χ3v) is 4.13. The molecule has 0 aromatic heterocycles. The van der Waals surface area contributed by atoms with E-state index in [1.54, 1.807) is 9.80 Å². The van der Waals surface area contributed by atoms with Crippen LogP contribution in [-0.4, -0.2) is 64.3 Å². The Labute approximate surface area is 113 Å². The van der Waals surface area contributed by atoms with E-state index in [-0.39, 0.29) is 18.7 Å². The molecule has 108 valence electrons. The number of carbonyl (C=O) groups is 2. The van der Waals surface area contributed by atoms with Crippen molar-refractivity contribution < 1.29 is 19.8 Å². The lowest BCUT2D eigenvalue weighted by Gasteiger charge is -2.35. The predicted molar refractivity (Wildman–Crippen MR) is 68.8 cm³/mol. The summed E-state index contributed by atoms with van der Waals surface area (Å²) in [4.78, 5) is 26.9. The molecule has 0 bridgehead atoms. The van der Waals surface area contributed by atoms with E-state index >= 15 is 0 Å². The average molecular weight is 270 g/mol. The zero-order chi connectivity index (χ0) is 13.8. The Hall–Kier alpha value is -1.30. The minimum atomic E-state index is -0.814. The van der Waals surface area contributed by atoms with Gasteiger partial charge >= 0.3 is 12.0 Å². The van der Waals surface area contributed by atoms with E-state index in [1.165, 1.54) is 0 Å². The number of nitrogens with zero attached hydrogens (tertiary/aromatic N) is 2. The normalized spacial score (nSPS) is 27.6. The molecular weight excluding hydrogens is 248 g/mol. The highest BCUT2D eigenvalue weighted by atomic mass is 16.4. The Kier molecular flexibility index (Phi) is 4.63. The summed E-state index contributed by atoms with van der Waals surface area (Å²) in [6.45, 7) is 1.77. The van der Waals surface area contributed by atoms with E-state index in [9.17, 15) is 9.59 Å². The number of hydrogen-bond donors (Lipinski definition) is 2. The monoisotopic (exact) mass is 270 g/mol. The summed E-state index contributed by atoms with van der Waals surface area (Å²) in [7, 11) is 0. The third-order valence-electron chi connectivity index (χ3n) is 4.13. The van der Waals surface area contributed by atoms with Crippen LogP contribution in [0.25, 0.3) is 0 Å². The Morgan fingerprint density at radius 2 is 1.89 bits per heavy atom. The summed E-state index contributed by atoms with van der Waals surface area (Å²) in [5.41, 5.74) is 0. The molecule has 0 aromatic rings. The van der Waals surface area contributed by atoms with Gasteiger partial charge in [0.1, 0.15) is 0 Å². The van der Waals surface area contributed by atoms with Gasteiger partial charge in [0.25, 0.3) is 0 Å². The van der Waals surface area contributed by atoms with Gasteiger partial charge in [-0.3, -0.25) is 4.79 Å². The van der Waals surface area contributed by atoms with E-state index in [0.717, 1.165) is 25.8 Å². The molecular formula is C13H22N2O4. The minimum absolute atomic E-state index is 0.0538. The SMILES string of the molecule is O=C(O)[C@@H]1CCCN(C(=O)N2CCCC2CCO)C1. The maximum atomic E-state index is 12.4. The summed E-state index contributed by atoms with van der Waals surface area (Å²) in [5, 5.41) is 18.1. The highest BCUT2D eigenvalue weighted by Gasteiger charge is 2.34. The van der Waals surface area contributed by atoms with Crippen LogP contribution in [0.15, 0.2) is 0 Å². The summed E-state index contributed by atoms with van der Waals surface area (Å²) >= 11 is 0. The Bertz CT molecular complexity index is 348. The molecule has 6 heteroatoms. The molecule has 0 spiro atoms. The Balaban J connectivity index is 1.96. The lowest BCUT2D eigenvalue weighted by Crippen LogP contribution is -2.50. The first-order chi connectivity index (χ1) is 9.13. The molecule has 2 aliphatic heterocycles. The molecule has 2 N–H and O–H groups in total. The number of carbonyl (C=O) groups excluding carboxylic acids is 1. The van der Waals surface area contributed by atoms with Crippen molar-refractivity contribution in [1.29, 1.82) is 0 Å². The van der Waals surface area contributed by atoms with Gasteiger partial charge in [0.05, 0.1) is 5.92 Å². The average Bonchev–Trinajstić information content (AvgIpc) is 2.86. The van der Waals surface area contributed by atoms with Crippen molar-refractivity contribution in [2.45, 2.75) is 38.1 Å². The molecule has 2 amide bonds. The van der Waals surface area contributed by atoms with Gasteiger partial charge in [-0.1, -0.05) is 0 Å². The number of rotatable bonds is 3. The first kappa shape index (κ1) is 14.1. The van der Waals surface area contributed by atoms with Crippen LogP contribution in [0.4, 0.5) is 4.79 Å². The lowest BCUT2D eigenvalue weighted by atomic mass is 9.98. The smallest absolute Gasteiger partial charge is 0.320 e. The van der Waals surface area contributed by atoms with Crippen molar-refractivity contribution in [2.75, 3.05) is 26.2 Å². The first-order valence-electron chi connectivity index (χ1n) is 7.02. The molecule has 2 heterocycles. The highest BCUT2D eigenvalue weighted by Crippen LogP contribution is 2.24. The number of carboxylic acids is 1. The van der Waals surface area contributed by atoms with E-state index in [2.05, 4.69) is 0 Å². The second-order valence-corrected chi connectivity index (χ2v) is 5.41. The zero-order valence-corrected chi connectivity index (χ0v) is 11.1. The molecule has 1 unspecified atom stereocenters. The van der Waals surface area contributed by atoms with Crippen molar-refractivity contribution >= 4 is 12.0 Å². The van der Waals surface area contributed by atoms with Crippen LogP contribution in [0, 0.1) is 5.92 Å². The minimum Gasteiger partial charge on any atom is -0.481 e. The maximum absolute atomic E-state index is 12.4. The molecule has 6 nitrogen and oxygen atoms in total. The largest absolute Gasteiger partial charge is 0.481 e. The van der Waals surface area contributed by atoms with Gasteiger partial charge in [0.2, 0.25) is 0 Å². The number of amides is 2. The van der Waals surface area contributed by atoms with Crippen LogP contribution in [-0.2, 0) is 4.79 Å². The first-order valence-corrected chi connectivity index (χ1v) is 7.02. The van der Waals surface area contributed by atoms with Crippen LogP contribution >= 0.6 is 0 Å². The van der Waals surface area contributed by atoms with Crippen molar-refractivity contribution in [1.82, 2.24) is 9.80 Å². The summed E-state index contributed by atoms with van der Waals surface area (Å²) < 4.78 is 0. The van der Waals surface area contributed by atoms with Gasteiger partial charge in [-0.25, -0.2) is 4.79 Å². The number of likely N-dealkylation sites (tertiary alicyclic amines) is 2. The molecule has 2 rings (SSSR count). The Morgan fingerprint density at radius 1 is 1.16 bits per heavy atom. The molecule has 0 aromatic carbocycles. The second kappa shape index (κ2) is 6.23. The van der Waals surface area contributed by atoms with Gasteiger partial charge in [0.15, 0.2) is 0 Å². The van der Waals surface area contributed by atoms with Gasteiger partial charge in [-0.15, -0.1) is 0 Å². The lowest BCUT2D eigenvalue weighted by molar-refractivity contribution is -0.143. The maximum Gasteiger partial charge on any atom is 0.320 e. The fourth-order valence-corrected chi connectivity index (χ4v) is 3.07. The number of aliphatic hydroxyl groups excluding tert-OH is 1. The molecule has 2 atom stereocenters. The molecule has 2 aliphatic rings. The van der Waals surface area contributed by atoms with Crippen LogP contribution in [0.2, 0.25) is 0 Å². The summed E-state index contributed by atoms with van der Waals surface area (Å²) in [5.74, 6) is -1.25. The third kappa shape index (κ3) is 3.18. The molecule has 19 heavy (non-hydrogen) atoms. The summed E-state index contributed by atoms with van der Waals surface area (Å²) in [6, 6.07) is 0.0598. The van der Waals surface area contributed by atoms with Gasteiger partial charge in [-0.2, -0.15) is 0 Å². The number of hydrogen-bond acceptors (Lipinski definition) is 3. The van der Waals surface area contributed by atoms with E-state index < -0.39 is 11.9 Å². The quantitative estimate of drug-likeness (QED) is 0.793. The molecule has 2 saturated heterocycles. The van der Waals surface area contributed by atoms with Crippen molar-refractivity contribution in [3.05, 3.63) is 0 Å². The number of aliphatic hydroxyl groups is 1. The second-order valence-electron chi connectivity index (χ2n) is 5.41. The fourth-order valence-electron chi connectivity index (χ4n) is 3.07. The zero-order valence-electron chi connectivity index (χ0n) is 11.1. The molecule has 0 aliphatic carbocycles. The number of urea groups is 1. The standard InChI is InChI=1S/C13H22N2O4/c16-8-5-11-4-2-7-15(11)13(19)14-6-1-3-10(9-14)12(17)18/h10-11,16H,1-9H2,(H,17,18)/t10-,11?/m1/s1. The number of carboxylic acid groups (broad SMARTS) is 1. The van der Waals surface area contributed by atoms with E-state index in [4.69, 9.17) is 10.2 Å². The predicted octanol–water partition coefficient (Wildman–Crippen LogP) is 0.750. The van der Waals surface area contributed by atoms with Crippen LogP contribution in [0.3, 0.4) is 0 Å². The van der Waals surface area contributed by atoms with E-state index in [0.29, 0.717) is 25.9 Å². The van der Waals surface area contributed by atoms with Crippen LogP contribution in [0.1, 0.15) is 32.1 Å². The molecule has 2 fully saturated rings. The molecule has 0 radical (unpaired) electrons. The van der Waals surface area contributed by atoms with Crippen LogP contribution in [0.5, 0.6) is 0 Å². The topological polar surface area (TPSA) is 81.1 Å². The van der Waals surface area contributed by atoms with Gasteiger partial charge in [-0.05, 0) is 32.1 Å². The van der Waals surface area contributed by atoms with Crippen molar-refractivity contribution in [2.24, 2.45) is 5.92 Å². The molecule has 0 saturated carbocycles. The van der Waals surface area contributed by atoms with Crippen molar-refractivity contribution in [3.8, 4) is 0 Å². The van der Waals surface area contributed by atoms with E-state index in [1.807, 2.05) is 0 Å². The highest BCUT2D eigenvalue weighted by molar-refractivity contribution is 5.77. The summed E-state index contributed by atoms with van der Waals surface area (Å²) in [6.07, 6.45) is 3.91. The van der Waals surface area contributed by atoms with Crippen LogP contribution < -0.4 is 0 Å². The number of piperidine rings is 1. The number of aliphatic carboxylic acids is 1. The van der Waals surface area contributed by atoms with Crippen molar-refractivity contribution in [3.63, 3.8) is 0 Å². The Morgan fingerprint density at radius 3 is 2.58 bits per heavy atom.